The van der Waals surface area contributed by atoms with Gasteiger partial charge in [-0.25, -0.2) is 31.5 Å². The van der Waals surface area contributed by atoms with Gasteiger partial charge in [-0.3, -0.25) is 0 Å². The molecule has 2 aromatic rings. The predicted octanol–water partition coefficient (Wildman–Crippen LogP) is 3.55. The van der Waals surface area contributed by atoms with E-state index in [1.165, 1.54) is 12.1 Å². The van der Waals surface area contributed by atoms with Gasteiger partial charge in [-0.05, 0) is 55.7 Å². The Labute approximate surface area is 224 Å². The summed E-state index contributed by atoms with van der Waals surface area (Å²) in [5.41, 5.74) is 1.17. The van der Waals surface area contributed by atoms with Crippen LogP contribution in [0.15, 0.2) is 38.6 Å². The van der Waals surface area contributed by atoms with Gasteiger partial charge in [-0.1, -0.05) is 25.4 Å². The van der Waals surface area contributed by atoms with Crippen LogP contribution in [0.2, 0.25) is 0 Å². The highest BCUT2D eigenvalue weighted by molar-refractivity contribution is 7.90. The Hall–Kier alpha value is -2.69. The zero-order valence-electron chi connectivity index (χ0n) is 21.2. The second-order valence-corrected chi connectivity index (χ2v) is 13.2. The SMILES string of the molecule is CC(C)C(NS(=O)(=O)c1cc(S(N)(=O)=O)ccc1NCc1cc(C2CC2)no1)C1CCC1.O=C(O)C(F)(F)F. The number of nitrogens with zero attached hydrogens (tertiary/aromatic N) is 1. The zero-order chi connectivity index (χ0) is 29.2. The highest BCUT2D eigenvalue weighted by atomic mass is 32.2. The minimum absolute atomic E-state index is 0.1000. The number of primary sulfonamides is 1. The lowest BCUT2D eigenvalue weighted by molar-refractivity contribution is -0.192. The van der Waals surface area contributed by atoms with Crippen molar-refractivity contribution >= 4 is 31.7 Å². The average molecular weight is 597 g/mol. The molecular formula is C23H31F3N4O7S2. The summed E-state index contributed by atoms with van der Waals surface area (Å²) in [6.45, 7) is 4.17. The molecule has 2 aliphatic carbocycles. The third-order valence-corrected chi connectivity index (χ3v) is 8.92. The van der Waals surface area contributed by atoms with Crippen LogP contribution in [-0.2, 0) is 31.4 Å². The molecule has 218 valence electrons. The first kappa shape index (κ1) is 30.8. The molecule has 0 spiro atoms. The number of anilines is 1. The van der Waals surface area contributed by atoms with Gasteiger partial charge in [0.25, 0.3) is 0 Å². The molecule has 39 heavy (non-hydrogen) atoms. The Morgan fingerprint density at radius 3 is 2.23 bits per heavy atom. The van der Waals surface area contributed by atoms with Crippen molar-refractivity contribution in [1.82, 2.24) is 9.88 Å². The van der Waals surface area contributed by atoms with Gasteiger partial charge in [-0.2, -0.15) is 13.2 Å². The maximum Gasteiger partial charge on any atom is 0.490 e. The number of nitrogens with one attached hydrogen (secondary N) is 2. The molecule has 1 aromatic heterocycles. The number of aliphatic carboxylic acids is 1. The summed E-state index contributed by atoms with van der Waals surface area (Å²) in [5.74, 6) is -1.36. The Morgan fingerprint density at radius 2 is 1.77 bits per heavy atom. The topological polar surface area (TPSA) is 182 Å². The number of carboxylic acids is 1. The Kier molecular flexibility index (Phi) is 9.35. The molecule has 1 heterocycles. The van der Waals surface area contributed by atoms with Crippen LogP contribution in [0.5, 0.6) is 0 Å². The molecule has 0 radical (unpaired) electrons. The van der Waals surface area contributed by atoms with Gasteiger partial charge in [0.2, 0.25) is 20.0 Å². The van der Waals surface area contributed by atoms with Gasteiger partial charge < -0.3 is 14.9 Å². The van der Waals surface area contributed by atoms with E-state index in [1.54, 1.807) is 0 Å². The van der Waals surface area contributed by atoms with Crippen molar-refractivity contribution in [3.63, 3.8) is 0 Å². The van der Waals surface area contributed by atoms with Gasteiger partial charge in [-0.15, -0.1) is 0 Å². The van der Waals surface area contributed by atoms with Crippen LogP contribution < -0.4 is 15.2 Å². The summed E-state index contributed by atoms with van der Waals surface area (Å²) in [5, 5.41) is 19.5. The lowest BCUT2D eigenvalue weighted by Gasteiger charge is -2.36. The fourth-order valence-electron chi connectivity index (χ4n) is 4.03. The van der Waals surface area contributed by atoms with Crippen molar-refractivity contribution in [2.45, 2.75) is 80.4 Å². The summed E-state index contributed by atoms with van der Waals surface area (Å²) in [7, 11) is -8.09. The fraction of sp³-hybridized carbons (Fsp3) is 0.565. The number of alkyl halides is 3. The quantitative estimate of drug-likeness (QED) is 0.319. The first-order valence-corrected chi connectivity index (χ1v) is 15.2. The first-order valence-electron chi connectivity index (χ1n) is 12.2. The number of hydrogen-bond donors (Lipinski definition) is 4. The maximum absolute atomic E-state index is 13.4. The van der Waals surface area contributed by atoms with Crippen molar-refractivity contribution in [1.29, 1.82) is 0 Å². The van der Waals surface area contributed by atoms with Crippen LogP contribution in [0.25, 0.3) is 0 Å². The van der Waals surface area contributed by atoms with Gasteiger partial charge in [0.1, 0.15) is 4.90 Å². The van der Waals surface area contributed by atoms with Crippen molar-refractivity contribution in [2.24, 2.45) is 17.0 Å². The average Bonchev–Trinajstić information content (AvgIpc) is 3.52. The van der Waals surface area contributed by atoms with Gasteiger partial charge >= 0.3 is 12.1 Å². The smallest absolute Gasteiger partial charge is 0.475 e. The maximum atomic E-state index is 13.4. The summed E-state index contributed by atoms with van der Waals surface area (Å²) in [6, 6.07) is 5.45. The summed E-state index contributed by atoms with van der Waals surface area (Å²) in [4.78, 5) is 8.48. The molecule has 1 unspecified atom stereocenters. The minimum Gasteiger partial charge on any atom is -0.475 e. The molecule has 0 saturated heterocycles. The summed E-state index contributed by atoms with van der Waals surface area (Å²) >= 11 is 0. The van der Waals surface area contributed by atoms with E-state index >= 15 is 0 Å². The van der Waals surface area contributed by atoms with E-state index in [0.29, 0.717) is 11.7 Å². The Morgan fingerprint density at radius 1 is 1.15 bits per heavy atom. The van der Waals surface area contributed by atoms with Crippen LogP contribution in [0.3, 0.4) is 0 Å². The van der Waals surface area contributed by atoms with Crippen molar-refractivity contribution < 1.29 is 44.4 Å². The van der Waals surface area contributed by atoms with Crippen LogP contribution >= 0.6 is 0 Å². The highest BCUT2D eigenvalue weighted by Gasteiger charge is 2.38. The van der Waals surface area contributed by atoms with E-state index in [0.717, 1.165) is 43.9 Å². The van der Waals surface area contributed by atoms with Gasteiger partial charge in [0.05, 0.1) is 22.8 Å². The third kappa shape index (κ3) is 8.40. The first-order chi connectivity index (χ1) is 18.0. The Bertz CT molecular complexity index is 1380. The van der Waals surface area contributed by atoms with Crippen molar-refractivity contribution in [2.75, 3.05) is 5.32 Å². The molecule has 5 N–H and O–H groups in total. The van der Waals surface area contributed by atoms with Crippen LogP contribution in [-0.4, -0.2) is 45.3 Å². The second-order valence-electron chi connectivity index (χ2n) is 9.93. The molecule has 2 aliphatic rings. The monoisotopic (exact) mass is 596 g/mol. The number of carboxylic acid groups (broad SMARTS) is 1. The number of rotatable bonds is 10. The third-order valence-electron chi connectivity index (χ3n) is 6.51. The molecular weight excluding hydrogens is 565 g/mol. The standard InChI is InChI=1S/C21H30N4O5S2.C2HF3O2/c1-13(2)21(15-4-3-5-15)25-32(28,29)20-11-17(31(22,26)27)8-9-18(20)23-12-16-10-19(24-30-16)14-6-7-14;3-2(4,5)1(6)7/h8-11,13-15,21,23,25H,3-7,12H2,1-2H3,(H2,22,26,27);(H,6,7). The van der Waals surface area contributed by atoms with Crippen LogP contribution in [0.1, 0.15) is 63.3 Å². The largest absolute Gasteiger partial charge is 0.490 e. The number of halogens is 3. The van der Waals surface area contributed by atoms with Gasteiger partial charge in [0, 0.05) is 18.0 Å². The number of benzene rings is 1. The molecule has 1 atom stereocenters. The lowest BCUT2D eigenvalue weighted by Crippen LogP contribution is -2.46. The number of sulfonamides is 2. The normalized spacial score (nSPS) is 17.2. The fourth-order valence-corrected chi connectivity index (χ4v) is 6.31. The number of nitrogens with two attached hydrogens (primary N) is 1. The van der Waals surface area contributed by atoms with Crippen molar-refractivity contribution in [3.8, 4) is 0 Å². The predicted molar refractivity (Wildman–Crippen MR) is 134 cm³/mol. The molecule has 11 nitrogen and oxygen atoms in total. The van der Waals surface area contributed by atoms with E-state index < -0.39 is 32.2 Å². The highest BCUT2D eigenvalue weighted by Crippen LogP contribution is 2.39. The molecule has 1 aromatic carbocycles. The lowest BCUT2D eigenvalue weighted by atomic mass is 9.76. The molecule has 2 fully saturated rings. The van der Waals surface area contributed by atoms with Crippen molar-refractivity contribution in [3.05, 3.63) is 35.7 Å². The molecule has 0 bridgehead atoms. The molecule has 0 aliphatic heterocycles. The summed E-state index contributed by atoms with van der Waals surface area (Å²) in [6.07, 6.45) is 0.148. The summed E-state index contributed by atoms with van der Waals surface area (Å²) < 4.78 is 90.4. The minimum atomic E-state index is -5.08. The van der Waals surface area contributed by atoms with E-state index in [9.17, 15) is 30.0 Å². The van der Waals surface area contributed by atoms with Crippen LogP contribution in [0.4, 0.5) is 18.9 Å². The zero-order valence-corrected chi connectivity index (χ0v) is 22.9. The van der Waals surface area contributed by atoms with Gasteiger partial charge in [0.15, 0.2) is 5.76 Å². The number of hydrogen-bond acceptors (Lipinski definition) is 8. The second kappa shape index (κ2) is 11.8. The van der Waals surface area contributed by atoms with E-state index in [2.05, 4.69) is 15.2 Å². The van der Waals surface area contributed by atoms with E-state index in [4.69, 9.17) is 19.6 Å². The Balaban J connectivity index is 0.000000532. The van der Waals surface area contributed by atoms with E-state index in [1.807, 2.05) is 19.9 Å². The molecule has 16 heteroatoms. The van der Waals surface area contributed by atoms with E-state index in [-0.39, 0.29) is 39.9 Å². The number of carbonyl (C=O) groups is 1. The molecule has 4 rings (SSSR count). The molecule has 2 saturated carbocycles. The van der Waals surface area contributed by atoms with Crippen LogP contribution in [0, 0.1) is 11.8 Å². The number of aromatic nitrogens is 1. The molecule has 0 amide bonds.